The monoisotopic (exact) mass is 410 g/mol. The van der Waals surface area contributed by atoms with Gasteiger partial charge in [0.05, 0.1) is 16.4 Å². The molecule has 1 amide bonds. The van der Waals surface area contributed by atoms with E-state index in [2.05, 4.69) is 15.5 Å². The lowest BCUT2D eigenvalue weighted by Crippen LogP contribution is -2.05. The summed E-state index contributed by atoms with van der Waals surface area (Å²) in [6.45, 7) is 2.93. The van der Waals surface area contributed by atoms with Crippen LogP contribution in [0.1, 0.15) is 25.8 Å². The highest BCUT2D eigenvalue weighted by Gasteiger charge is 2.19. The van der Waals surface area contributed by atoms with Crippen molar-refractivity contribution in [1.82, 2.24) is 0 Å². The second-order valence-electron chi connectivity index (χ2n) is 6.49. The number of nitro groups is 1. The number of carbonyl (C=O) groups is 2. The summed E-state index contributed by atoms with van der Waals surface area (Å²) in [5.41, 5.74) is 3.27. The van der Waals surface area contributed by atoms with Crippen LogP contribution in [-0.2, 0) is 9.59 Å². The van der Waals surface area contributed by atoms with Gasteiger partial charge in [-0.15, -0.1) is 16.9 Å². The summed E-state index contributed by atoms with van der Waals surface area (Å²) in [5, 5.41) is 23.1. The van der Waals surface area contributed by atoms with Crippen LogP contribution >= 0.6 is 11.8 Å². The topological polar surface area (TPSA) is 114 Å². The fourth-order valence-electron chi connectivity index (χ4n) is 2.75. The number of ketones is 1. The molecule has 0 aliphatic carbocycles. The number of benzene rings is 2. The van der Waals surface area contributed by atoms with Gasteiger partial charge in [0.1, 0.15) is 10.8 Å². The summed E-state index contributed by atoms with van der Waals surface area (Å²) in [4.78, 5) is 33.3. The minimum Gasteiger partial charge on any atom is -0.326 e. The Morgan fingerprint density at radius 1 is 1.07 bits per heavy atom. The van der Waals surface area contributed by atoms with Crippen LogP contribution in [0.25, 0.3) is 11.1 Å². The normalized spacial score (nSPS) is 12.9. The molecule has 148 valence electrons. The van der Waals surface area contributed by atoms with E-state index < -0.39 is 4.92 Å². The number of nitrogens with one attached hydrogen (secondary N) is 1. The Kier molecular flexibility index (Phi) is 6.18. The Morgan fingerprint density at radius 3 is 2.38 bits per heavy atom. The number of non-ortho nitro benzene ring substituents is 1. The molecule has 9 heteroatoms. The Bertz CT molecular complexity index is 1040. The van der Waals surface area contributed by atoms with Crippen LogP contribution in [-0.4, -0.2) is 33.1 Å². The second kappa shape index (κ2) is 8.78. The molecule has 0 saturated heterocycles. The van der Waals surface area contributed by atoms with Crippen molar-refractivity contribution in [3.63, 3.8) is 0 Å². The fraction of sp³-hybridized carbons (Fsp3) is 0.200. The third-order valence-corrected chi connectivity index (χ3v) is 5.15. The van der Waals surface area contributed by atoms with E-state index in [1.165, 1.54) is 37.7 Å². The van der Waals surface area contributed by atoms with Crippen molar-refractivity contribution in [2.45, 2.75) is 20.3 Å². The molecular weight excluding hydrogens is 392 g/mol. The highest BCUT2D eigenvalue weighted by Crippen LogP contribution is 2.29. The van der Waals surface area contributed by atoms with Crippen molar-refractivity contribution in [2.75, 3.05) is 11.1 Å². The van der Waals surface area contributed by atoms with E-state index in [-0.39, 0.29) is 17.4 Å². The molecule has 0 fully saturated rings. The molecule has 1 N–H and O–H groups in total. The van der Waals surface area contributed by atoms with Gasteiger partial charge >= 0.3 is 0 Å². The van der Waals surface area contributed by atoms with E-state index in [0.29, 0.717) is 39.7 Å². The van der Waals surface area contributed by atoms with E-state index in [0.717, 1.165) is 5.56 Å². The van der Waals surface area contributed by atoms with Gasteiger partial charge in [0.2, 0.25) is 5.91 Å². The van der Waals surface area contributed by atoms with Gasteiger partial charge in [-0.25, -0.2) is 0 Å². The fourth-order valence-corrected chi connectivity index (χ4v) is 3.46. The molecule has 2 aromatic carbocycles. The van der Waals surface area contributed by atoms with Crippen molar-refractivity contribution in [2.24, 2.45) is 10.2 Å². The van der Waals surface area contributed by atoms with Gasteiger partial charge in [0, 0.05) is 36.7 Å². The number of anilines is 1. The van der Waals surface area contributed by atoms with Gasteiger partial charge in [-0.1, -0.05) is 12.1 Å². The number of nitro benzene ring substituents is 1. The first-order valence-electron chi connectivity index (χ1n) is 8.75. The lowest BCUT2D eigenvalue weighted by Gasteiger charge is -2.08. The molecular formula is C20H18N4O4S. The van der Waals surface area contributed by atoms with Gasteiger partial charge in [0.25, 0.3) is 5.69 Å². The predicted octanol–water partition coefficient (Wildman–Crippen LogP) is 4.05. The van der Waals surface area contributed by atoms with Crippen LogP contribution in [0.15, 0.2) is 52.7 Å². The first kappa shape index (κ1) is 20.4. The Balaban J connectivity index is 1.87. The van der Waals surface area contributed by atoms with Gasteiger partial charge < -0.3 is 5.32 Å². The van der Waals surface area contributed by atoms with Crippen LogP contribution in [0.4, 0.5) is 11.4 Å². The number of nitrogens with zero attached hydrogens (tertiary/aromatic N) is 3. The summed E-state index contributed by atoms with van der Waals surface area (Å²) in [5.74, 6) is 0.196. The first-order valence-corrected chi connectivity index (χ1v) is 9.74. The summed E-state index contributed by atoms with van der Waals surface area (Å²) in [7, 11) is 0. The molecule has 0 atom stereocenters. The van der Waals surface area contributed by atoms with Crippen molar-refractivity contribution >= 4 is 45.6 Å². The molecule has 0 radical (unpaired) electrons. The SMILES string of the molecule is CC(=O)CSC1=NN=C(c2cc(-c3ccc(NC(C)=O)cc3)cc([N+](=O)[O-])c2)C1. The molecule has 0 aromatic heterocycles. The molecule has 1 heterocycles. The smallest absolute Gasteiger partial charge is 0.270 e. The summed E-state index contributed by atoms with van der Waals surface area (Å²) >= 11 is 1.33. The molecule has 8 nitrogen and oxygen atoms in total. The zero-order chi connectivity index (χ0) is 21.0. The number of thioether (sulfide) groups is 1. The molecule has 1 aliphatic rings. The maximum atomic E-state index is 11.4. The van der Waals surface area contributed by atoms with E-state index in [1.54, 1.807) is 24.3 Å². The largest absolute Gasteiger partial charge is 0.326 e. The number of hydrogen-bond donors (Lipinski definition) is 1. The van der Waals surface area contributed by atoms with Gasteiger partial charge in [-0.05, 0) is 36.2 Å². The van der Waals surface area contributed by atoms with E-state index >= 15 is 0 Å². The highest BCUT2D eigenvalue weighted by atomic mass is 32.2. The minimum absolute atomic E-state index is 0.0454. The van der Waals surface area contributed by atoms with Crippen LogP contribution in [0, 0.1) is 10.1 Å². The molecule has 2 aromatic rings. The molecule has 0 saturated carbocycles. The third kappa shape index (κ3) is 5.35. The molecule has 3 rings (SSSR count). The maximum absolute atomic E-state index is 11.4. The Labute approximate surface area is 171 Å². The van der Waals surface area contributed by atoms with Crippen LogP contribution in [0.5, 0.6) is 0 Å². The zero-order valence-corrected chi connectivity index (χ0v) is 16.7. The summed E-state index contributed by atoms with van der Waals surface area (Å²) in [6.07, 6.45) is 0.431. The van der Waals surface area contributed by atoms with E-state index in [4.69, 9.17) is 0 Å². The number of rotatable bonds is 6. The standard InChI is InChI=1S/C20H18N4O4S/c1-12(25)11-29-20-10-19(22-23-20)16-7-15(8-18(9-16)24(27)28)14-3-5-17(6-4-14)21-13(2)26/h3-9H,10-11H2,1-2H3,(H,21,26). The maximum Gasteiger partial charge on any atom is 0.270 e. The van der Waals surface area contributed by atoms with E-state index in [1.807, 2.05) is 6.07 Å². The highest BCUT2D eigenvalue weighted by molar-refractivity contribution is 8.14. The molecule has 0 unspecified atom stereocenters. The number of amides is 1. The van der Waals surface area contributed by atoms with Crippen molar-refractivity contribution in [3.8, 4) is 11.1 Å². The van der Waals surface area contributed by atoms with Crippen molar-refractivity contribution < 1.29 is 14.5 Å². The first-order chi connectivity index (χ1) is 13.8. The van der Waals surface area contributed by atoms with Gasteiger partial charge in [0.15, 0.2) is 0 Å². The van der Waals surface area contributed by atoms with Crippen LogP contribution in [0.2, 0.25) is 0 Å². The lowest BCUT2D eigenvalue weighted by molar-refractivity contribution is -0.384. The van der Waals surface area contributed by atoms with Crippen molar-refractivity contribution in [1.29, 1.82) is 0 Å². The van der Waals surface area contributed by atoms with Crippen molar-refractivity contribution in [3.05, 3.63) is 58.1 Å². The summed E-state index contributed by atoms with van der Waals surface area (Å²) < 4.78 is 0. The Hall–Kier alpha value is -3.33. The van der Waals surface area contributed by atoms with Gasteiger partial charge in [-0.3, -0.25) is 19.7 Å². The average molecular weight is 410 g/mol. The van der Waals surface area contributed by atoms with E-state index in [9.17, 15) is 19.7 Å². The van der Waals surface area contributed by atoms with Crippen LogP contribution in [0.3, 0.4) is 0 Å². The molecule has 29 heavy (non-hydrogen) atoms. The second-order valence-corrected chi connectivity index (χ2v) is 7.54. The number of Topliss-reactive ketones (excluding diaryl/α,β-unsaturated/α-hetero) is 1. The lowest BCUT2D eigenvalue weighted by atomic mass is 9.99. The predicted molar refractivity (Wildman–Crippen MR) is 115 cm³/mol. The Morgan fingerprint density at radius 2 is 1.76 bits per heavy atom. The molecule has 1 aliphatic heterocycles. The summed E-state index contributed by atoms with van der Waals surface area (Å²) in [6, 6.07) is 11.8. The molecule has 0 bridgehead atoms. The average Bonchev–Trinajstić information content (AvgIpc) is 3.15. The quantitative estimate of drug-likeness (QED) is 0.570. The third-order valence-electron chi connectivity index (χ3n) is 4.04. The zero-order valence-electron chi connectivity index (χ0n) is 15.8. The van der Waals surface area contributed by atoms with Crippen LogP contribution < -0.4 is 5.32 Å². The number of carbonyl (C=O) groups excluding carboxylic acids is 2. The molecule has 0 spiro atoms. The van der Waals surface area contributed by atoms with Gasteiger partial charge in [-0.2, -0.15) is 5.10 Å². The number of hydrogen-bond acceptors (Lipinski definition) is 7. The minimum atomic E-state index is -0.444.